The minimum atomic E-state index is -3.67. The van der Waals surface area contributed by atoms with Gasteiger partial charge in [0.2, 0.25) is 15.9 Å². The summed E-state index contributed by atoms with van der Waals surface area (Å²) in [7, 11) is -3.67. The summed E-state index contributed by atoms with van der Waals surface area (Å²) in [5, 5.41) is 3.53. The Bertz CT molecular complexity index is 927. The zero-order valence-electron chi connectivity index (χ0n) is 14.3. The van der Waals surface area contributed by atoms with Gasteiger partial charge in [-0.3, -0.25) is 4.79 Å². The lowest BCUT2D eigenvalue weighted by molar-refractivity contribution is -0.115. The molecule has 0 atom stereocenters. The third-order valence-corrected chi connectivity index (χ3v) is 6.57. The summed E-state index contributed by atoms with van der Waals surface area (Å²) in [4.78, 5) is 12.4. The molecule has 0 spiro atoms. The third kappa shape index (κ3) is 5.00. The fourth-order valence-electron chi connectivity index (χ4n) is 2.68. The minimum Gasteiger partial charge on any atom is -0.379 e. The Kier molecular flexibility index (Phi) is 6.39. The molecule has 1 heterocycles. The van der Waals surface area contributed by atoms with Crippen molar-refractivity contribution in [1.29, 1.82) is 0 Å². The molecular weight excluding hydrogens is 411 g/mol. The molecule has 0 aliphatic carbocycles. The molecular formula is C18H18Cl2N2O4S. The fourth-order valence-corrected chi connectivity index (χ4v) is 4.40. The van der Waals surface area contributed by atoms with Gasteiger partial charge in [0.15, 0.2) is 0 Å². The Hall–Kier alpha value is -1.64. The first-order valence-electron chi connectivity index (χ1n) is 8.28. The van der Waals surface area contributed by atoms with Gasteiger partial charge in [0.1, 0.15) is 0 Å². The molecule has 27 heavy (non-hydrogen) atoms. The predicted molar refractivity (Wildman–Crippen MR) is 105 cm³/mol. The predicted octanol–water partition coefficient (Wildman–Crippen LogP) is 3.20. The van der Waals surface area contributed by atoms with Crippen LogP contribution < -0.4 is 5.32 Å². The van der Waals surface area contributed by atoms with Gasteiger partial charge in [0.25, 0.3) is 0 Å². The molecule has 2 aromatic rings. The molecule has 2 aromatic carbocycles. The van der Waals surface area contributed by atoms with Crippen LogP contribution in [0.1, 0.15) is 5.56 Å². The Morgan fingerprint density at radius 2 is 1.74 bits per heavy atom. The number of morpholine rings is 1. The van der Waals surface area contributed by atoms with Crippen molar-refractivity contribution in [2.75, 3.05) is 31.6 Å². The van der Waals surface area contributed by atoms with Crippen molar-refractivity contribution >= 4 is 44.8 Å². The SMILES string of the molecule is O=C(Cc1ccc(Cl)cc1)Nc1cc(S(=O)(=O)N2CCOCC2)ccc1Cl. The maximum Gasteiger partial charge on any atom is 0.243 e. The van der Waals surface area contributed by atoms with Crippen molar-refractivity contribution < 1.29 is 17.9 Å². The fraction of sp³-hybridized carbons (Fsp3) is 0.278. The second-order valence-electron chi connectivity index (χ2n) is 6.01. The van der Waals surface area contributed by atoms with Gasteiger partial charge in [0.05, 0.1) is 35.2 Å². The van der Waals surface area contributed by atoms with Crippen LogP contribution in [0.25, 0.3) is 0 Å². The minimum absolute atomic E-state index is 0.0793. The summed E-state index contributed by atoms with van der Waals surface area (Å²) < 4.78 is 32.1. The molecule has 3 rings (SSSR count). The summed E-state index contributed by atoms with van der Waals surface area (Å²) >= 11 is 12.0. The van der Waals surface area contributed by atoms with Gasteiger partial charge < -0.3 is 10.1 Å². The van der Waals surface area contributed by atoms with Crippen LogP contribution in [0.2, 0.25) is 10.0 Å². The molecule has 0 unspecified atom stereocenters. The molecule has 1 amide bonds. The first-order chi connectivity index (χ1) is 12.9. The van der Waals surface area contributed by atoms with Crippen molar-refractivity contribution in [3.05, 3.63) is 58.1 Å². The van der Waals surface area contributed by atoms with Crippen LogP contribution in [0, 0.1) is 0 Å². The smallest absolute Gasteiger partial charge is 0.243 e. The number of hydrogen-bond acceptors (Lipinski definition) is 4. The number of ether oxygens (including phenoxy) is 1. The Morgan fingerprint density at radius 1 is 1.07 bits per heavy atom. The van der Waals surface area contributed by atoms with E-state index in [2.05, 4.69) is 5.32 Å². The number of sulfonamides is 1. The van der Waals surface area contributed by atoms with E-state index < -0.39 is 10.0 Å². The number of rotatable bonds is 5. The van der Waals surface area contributed by atoms with E-state index >= 15 is 0 Å². The molecule has 1 saturated heterocycles. The van der Waals surface area contributed by atoms with Crippen molar-refractivity contribution in [2.24, 2.45) is 0 Å². The second kappa shape index (κ2) is 8.58. The lowest BCUT2D eigenvalue weighted by Gasteiger charge is -2.26. The van der Waals surface area contributed by atoms with Gasteiger partial charge in [-0.25, -0.2) is 8.42 Å². The van der Waals surface area contributed by atoms with Crippen molar-refractivity contribution in [2.45, 2.75) is 11.3 Å². The van der Waals surface area contributed by atoms with E-state index in [9.17, 15) is 13.2 Å². The number of anilines is 1. The lowest BCUT2D eigenvalue weighted by atomic mass is 10.1. The average molecular weight is 429 g/mol. The van der Waals surface area contributed by atoms with Gasteiger partial charge in [-0.2, -0.15) is 4.31 Å². The number of carbonyl (C=O) groups excluding carboxylic acids is 1. The highest BCUT2D eigenvalue weighted by Gasteiger charge is 2.27. The van der Waals surface area contributed by atoms with Crippen LogP contribution in [0.15, 0.2) is 47.4 Å². The number of nitrogens with zero attached hydrogens (tertiary/aromatic N) is 1. The quantitative estimate of drug-likeness (QED) is 0.792. The van der Waals surface area contributed by atoms with Crippen LogP contribution >= 0.6 is 23.2 Å². The van der Waals surface area contributed by atoms with Gasteiger partial charge in [-0.05, 0) is 35.9 Å². The second-order valence-corrected chi connectivity index (χ2v) is 8.79. The van der Waals surface area contributed by atoms with E-state index in [0.717, 1.165) is 5.56 Å². The van der Waals surface area contributed by atoms with Crippen LogP contribution in [-0.2, 0) is 26.0 Å². The highest BCUT2D eigenvalue weighted by Crippen LogP contribution is 2.27. The van der Waals surface area contributed by atoms with E-state index in [1.54, 1.807) is 24.3 Å². The number of amides is 1. The van der Waals surface area contributed by atoms with Crippen molar-refractivity contribution in [1.82, 2.24) is 4.31 Å². The zero-order chi connectivity index (χ0) is 19.4. The summed E-state index contributed by atoms with van der Waals surface area (Å²) in [6, 6.07) is 11.2. The van der Waals surface area contributed by atoms with E-state index in [4.69, 9.17) is 27.9 Å². The van der Waals surface area contributed by atoms with Gasteiger partial charge in [-0.15, -0.1) is 0 Å². The first kappa shape index (κ1) is 20.1. The molecule has 0 saturated carbocycles. The Balaban J connectivity index is 1.76. The Morgan fingerprint density at radius 3 is 2.41 bits per heavy atom. The lowest BCUT2D eigenvalue weighted by Crippen LogP contribution is -2.40. The third-order valence-electron chi connectivity index (χ3n) is 4.10. The largest absolute Gasteiger partial charge is 0.379 e. The van der Waals surface area contributed by atoms with Gasteiger partial charge in [0, 0.05) is 18.1 Å². The summed E-state index contributed by atoms with van der Waals surface area (Å²) in [5.74, 6) is -0.305. The first-order valence-corrected chi connectivity index (χ1v) is 10.5. The maximum absolute atomic E-state index is 12.8. The van der Waals surface area contributed by atoms with Crippen LogP contribution in [0.3, 0.4) is 0 Å². The molecule has 0 aromatic heterocycles. The molecule has 6 nitrogen and oxygen atoms in total. The molecule has 0 radical (unpaired) electrons. The van der Waals surface area contributed by atoms with Gasteiger partial charge in [-0.1, -0.05) is 35.3 Å². The highest BCUT2D eigenvalue weighted by molar-refractivity contribution is 7.89. The summed E-state index contributed by atoms with van der Waals surface area (Å²) in [5.41, 5.74) is 1.04. The average Bonchev–Trinajstić information content (AvgIpc) is 2.66. The summed E-state index contributed by atoms with van der Waals surface area (Å²) in [6.45, 7) is 1.31. The van der Waals surface area contributed by atoms with Crippen molar-refractivity contribution in [3.8, 4) is 0 Å². The molecule has 1 fully saturated rings. The number of hydrogen-bond donors (Lipinski definition) is 1. The van der Waals surface area contributed by atoms with Crippen molar-refractivity contribution in [3.63, 3.8) is 0 Å². The monoisotopic (exact) mass is 428 g/mol. The molecule has 1 aliphatic rings. The zero-order valence-corrected chi connectivity index (χ0v) is 16.6. The number of benzene rings is 2. The normalized spacial score (nSPS) is 15.5. The van der Waals surface area contributed by atoms with Crippen LogP contribution in [-0.4, -0.2) is 44.9 Å². The molecule has 0 bridgehead atoms. The van der Waals surface area contributed by atoms with Crippen LogP contribution in [0.4, 0.5) is 5.69 Å². The maximum atomic E-state index is 12.8. The number of halogens is 2. The Labute approximate surface area is 168 Å². The highest BCUT2D eigenvalue weighted by atomic mass is 35.5. The number of nitrogens with one attached hydrogen (secondary N) is 1. The standard InChI is InChI=1S/C18H18Cl2N2O4S/c19-14-3-1-13(2-4-14)11-18(23)21-17-12-15(5-6-16(17)20)27(24,25)22-7-9-26-10-8-22/h1-6,12H,7-11H2,(H,21,23). The van der Waals surface area contributed by atoms with E-state index in [1.165, 1.54) is 22.5 Å². The van der Waals surface area contributed by atoms with Gasteiger partial charge >= 0.3 is 0 Å². The molecule has 1 aliphatic heterocycles. The van der Waals surface area contributed by atoms with E-state index in [-0.39, 0.29) is 27.9 Å². The summed E-state index contributed by atoms with van der Waals surface area (Å²) in [6.07, 6.45) is 0.119. The van der Waals surface area contributed by atoms with E-state index in [0.29, 0.717) is 31.3 Å². The molecule has 144 valence electrons. The number of carbonyl (C=O) groups is 1. The van der Waals surface area contributed by atoms with E-state index in [1.807, 2.05) is 0 Å². The molecule has 9 heteroatoms. The molecule has 1 N–H and O–H groups in total. The topological polar surface area (TPSA) is 75.7 Å². The van der Waals surface area contributed by atoms with Crippen LogP contribution in [0.5, 0.6) is 0 Å².